The van der Waals surface area contributed by atoms with Crippen molar-refractivity contribution in [3.05, 3.63) is 39.9 Å². The first-order valence-corrected chi connectivity index (χ1v) is 5.36. The summed E-state index contributed by atoms with van der Waals surface area (Å²) in [6.07, 6.45) is 0. The Morgan fingerprint density at radius 2 is 2.18 bits per heavy atom. The molecule has 3 N–H and O–H groups in total. The zero-order valence-corrected chi connectivity index (χ0v) is 9.74. The van der Waals surface area contributed by atoms with Gasteiger partial charge in [0.15, 0.2) is 0 Å². The molecule has 0 saturated carbocycles. The molecule has 0 aliphatic carbocycles. The molecule has 0 aliphatic rings. The minimum atomic E-state index is -0.412. The smallest absolute Gasteiger partial charge is 0.274 e. The Balaban J connectivity index is 3.06. The van der Waals surface area contributed by atoms with Crippen LogP contribution >= 0.6 is 0 Å². The van der Waals surface area contributed by atoms with E-state index in [1.807, 2.05) is 4.90 Å². The second kappa shape index (κ2) is 6.29. The van der Waals surface area contributed by atoms with Crippen molar-refractivity contribution in [1.82, 2.24) is 4.90 Å². The van der Waals surface area contributed by atoms with Gasteiger partial charge in [0.1, 0.15) is 0 Å². The van der Waals surface area contributed by atoms with Gasteiger partial charge < -0.3 is 10.8 Å². The Bertz CT molecular complexity index is 384. The number of hydrogen-bond donors (Lipinski definition) is 2. The Kier molecular flexibility index (Phi) is 5.02. The highest BCUT2D eigenvalue weighted by Gasteiger charge is 2.23. The Morgan fingerprint density at radius 3 is 2.71 bits per heavy atom. The van der Waals surface area contributed by atoms with Gasteiger partial charge in [0.25, 0.3) is 5.69 Å². The van der Waals surface area contributed by atoms with Gasteiger partial charge in [-0.1, -0.05) is 18.2 Å². The van der Waals surface area contributed by atoms with Gasteiger partial charge in [0.2, 0.25) is 0 Å². The summed E-state index contributed by atoms with van der Waals surface area (Å²) in [4.78, 5) is 12.3. The minimum Gasteiger partial charge on any atom is -0.395 e. The average Bonchev–Trinajstić information content (AvgIpc) is 2.31. The van der Waals surface area contributed by atoms with Crippen LogP contribution in [0.4, 0.5) is 5.69 Å². The molecule has 0 aromatic heterocycles. The molecule has 1 atom stereocenters. The van der Waals surface area contributed by atoms with Gasteiger partial charge in [-0.05, 0) is 7.05 Å². The molecule has 0 saturated heterocycles. The summed E-state index contributed by atoms with van der Waals surface area (Å²) >= 11 is 0. The number of rotatable bonds is 6. The number of aliphatic hydroxyl groups is 1. The summed E-state index contributed by atoms with van der Waals surface area (Å²) < 4.78 is 0. The van der Waals surface area contributed by atoms with E-state index in [1.165, 1.54) is 6.07 Å². The molecule has 0 spiro atoms. The number of likely N-dealkylation sites (N-methyl/N-ethyl adjacent to an activating group) is 1. The Hall–Kier alpha value is -1.50. The van der Waals surface area contributed by atoms with Crippen molar-refractivity contribution in [3.63, 3.8) is 0 Å². The van der Waals surface area contributed by atoms with E-state index in [0.717, 1.165) is 0 Å². The molecular weight excluding hydrogens is 222 g/mol. The van der Waals surface area contributed by atoms with Gasteiger partial charge in [0, 0.05) is 24.7 Å². The number of para-hydroxylation sites is 1. The van der Waals surface area contributed by atoms with Crippen molar-refractivity contribution in [2.75, 3.05) is 26.7 Å². The fraction of sp³-hybridized carbons (Fsp3) is 0.455. The zero-order valence-electron chi connectivity index (χ0n) is 9.74. The Morgan fingerprint density at radius 1 is 1.53 bits per heavy atom. The van der Waals surface area contributed by atoms with Crippen molar-refractivity contribution in [2.24, 2.45) is 5.73 Å². The molecular formula is C11H17N3O3. The predicted octanol–water partition coefficient (Wildman–Crippen LogP) is 0.519. The lowest BCUT2D eigenvalue weighted by atomic mass is 10.0. The van der Waals surface area contributed by atoms with Crippen LogP contribution in [0.3, 0.4) is 0 Å². The first kappa shape index (κ1) is 13.6. The van der Waals surface area contributed by atoms with E-state index in [4.69, 9.17) is 10.8 Å². The van der Waals surface area contributed by atoms with E-state index in [0.29, 0.717) is 12.1 Å². The lowest BCUT2D eigenvalue weighted by Crippen LogP contribution is -2.33. The molecule has 1 aromatic rings. The van der Waals surface area contributed by atoms with Crippen LogP contribution in [0.2, 0.25) is 0 Å². The molecule has 0 bridgehead atoms. The van der Waals surface area contributed by atoms with Crippen molar-refractivity contribution < 1.29 is 10.0 Å². The van der Waals surface area contributed by atoms with Crippen LogP contribution in [-0.4, -0.2) is 41.7 Å². The van der Waals surface area contributed by atoms with E-state index in [-0.39, 0.29) is 24.9 Å². The first-order chi connectivity index (χ1) is 8.11. The fourth-order valence-corrected chi connectivity index (χ4v) is 1.79. The quantitative estimate of drug-likeness (QED) is 0.557. The maximum Gasteiger partial charge on any atom is 0.274 e. The van der Waals surface area contributed by atoms with Crippen molar-refractivity contribution in [3.8, 4) is 0 Å². The maximum absolute atomic E-state index is 10.9. The molecule has 94 valence electrons. The van der Waals surface area contributed by atoms with E-state index in [9.17, 15) is 10.1 Å². The van der Waals surface area contributed by atoms with Crippen molar-refractivity contribution in [2.45, 2.75) is 6.04 Å². The molecule has 1 rings (SSSR count). The van der Waals surface area contributed by atoms with Crippen LogP contribution in [0.1, 0.15) is 11.6 Å². The van der Waals surface area contributed by atoms with E-state index < -0.39 is 4.92 Å². The number of nitrogens with two attached hydrogens (primary N) is 1. The number of nitro benzene ring substituents is 1. The van der Waals surface area contributed by atoms with Crippen molar-refractivity contribution >= 4 is 5.69 Å². The molecule has 6 heteroatoms. The third-order valence-corrected chi connectivity index (χ3v) is 2.70. The van der Waals surface area contributed by atoms with Crippen LogP contribution in [0.5, 0.6) is 0 Å². The summed E-state index contributed by atoms with van der Waals surface area (Å²) in [6.45, 7) is 0.683. The molecule has 1 unspecified atom stereocenters. The van der Waals surface area contributed by atoms with Crippen LogP contribution in [0.25, 0.3) is 0 Å². The second-order valence-corrected chi connectivity index (χ2v) is 3.77. The Labute approximate surface area is 99.8 Å². The number of benzene rings is 1. The number of aliphatic hydroxyl groups excluding tert-OH is 1. The third-order valence-electron chi connectivity index (χ3n) is 2.70. The highest BCUT2D eigenvalue weighted by atomic mass is 16.6. The molecule has 0 amide bonds. The average molecular weight is 239 g/mol. The van der Waals surface area contributed by atoms with Gasteiger partial charge >= 0.3 is 0 Å². The SMILES string of the molecule is CN(CCO)C(CN)c1ccccc1[N+](=O)[O-]. The summed E-state index contributed by atoms with van der Waals surface area (Å²) in [5.41, 5.74) is 6.30. The lowest BCUT2D eigenvalue weighted by molar-refractivity contribution is -0.386. The monoisotopic (exact) mass is 239 g/mol. The summed E-state index contributed by atoms with van der Waals surface area (Å²) in [7, 11) is 1.78. The van der Waals surface area contributed by atoms with Gasteiger partial charge in [-0.2, -0.15) is 0 Å². The highest BCUT2D eigenvalue weighted by Crippen LogP contribution is 2.27. The number of hydrogen-bond acceptors (Lipinski definition) is 5. The van der Waals surface area contributed by atoms with E-state index in [1.54, 1.807) is 25.2 Å². The normalized spacial score (nSPS) is 12.7. The van der Waals surface area contributed by atoms with E-state index in [2.05, 4.69) is 0 Å². The standard InChI is InChI=1S/C11H17N3O3/c1-13(6-7-15)11(8-12)9-4-2-3-5-10(9)14(16)17/h2-5,11,15H,6-8,12H2,1H3. The van der Waals surface area contributed by atoms with E-state index >= 15 is 0 Å². The minimum absolute atomic E-state index is 0.00632. The highest BCUT2D eigenvalue weighted by molar-refractivity contribution is 5.42. The molecule has 1 aromatic carbocycles. The molecule has 0 fully saturated rings. The molecule has 0 heterocycles. The summed E-state index contributed by atoms with van der Waals surface area (Å²) in [5.74, 6) is 0. The largest absolute Gasteiger partial charge is 0.395 e. The lowest BCUT2D eigenvalue weighted by Gasteiger charge is -2.26. The topological polar surface area (TPSA) is 92.6 Å². The summed E-state index contributed by atoms with van der Waals surface area (Å²) in [5, 5.41) is 19.8. The van der Waals surface area contributed by atoms with Crippen LogP contribution in [0, 0.1) is 10.1 Å². The van der Waals surface area contributed by atoms with Gasteiger partial charge in [-0.25, -0.2) is 0 Å². The molecule has 17 heavy (non-hydrogen) atoms. The zero-order chi connectivity index (χ0) is 12.8. The van der Waals surface area contributed by atoms with Gasteiger partial charge in [0.05, 0.1) is 17.6 Å². The molecule has 6 nitrogen and oxygen atoms in total. The van der Waals surface area contributed by atoms with Gasteiger partial charge in [-0.15, -0.1) is 0 Å². The van der Waals surface area contributed by atoms with Crippen LogP contribution in [0.15, 0.2) is 24.3 Å². The molecule has 0 radical (unpaired) electrons. The maximum atomic E-state index is 10.9. The second-order valence-electron chi connectivity index (χ2n) is 3.77. The van der Waals surface area contributed by atoms with Crippen molar-refractivity contribution in [1.29, 1.82) is 0 Å². The number of nitrogens with zero attached hydrogens (tertiary/aromatic N) is 2. The molecule has 0 aliphatic heterocycles. The summed E-state index contributed by atoms with van der Waals surface area (Å²) in [6, 6.07) is 6.27. The predicted molar refractivity (Wildman–Crippen MR) is 64.6 cm³/mol. The fourth-order valence-electron chi connectivity index (χ4n) is 1.79. The van der Waals surface area contributed by atoms with Gasteiger partial charge in [-0.3, -0.25) is 15.0 Å². The number of nitro groups is 1. The first-order valence-electron chi connectivity index (χ1n) is 5.36. The third kappa shape index (κ3) is 3.23. The van der Waals surface area contributed by atoms with Crippen LogP contribution < -0.4 is 5.73 Å². The van der Waals surface area contributed by atoms with Crippen LogP contribution in [-0.2, 0) is 0 Å².